The predicted octanol–water partition coefficient (Wildman–Crippen LogP) is 3.31. The maximum absolute atomic E-state index is 6.02. The molecular formula is C16H22N2O. The summed E-state index contributed by atoms with van der Waals surface area (Å²) in [4.78, 5) is 2.50. The molecule has 2 unspecified atom stereocenters. The van der Waals surface area contributed by atoms with Crippen LogP contribution in [-0.2, 0) is 0 Å². The molecule has 0 bridgehead atoms. The standard InChI is InChI=1S/C16H22N2O/c1-12-6-4-5-9-18(12)14(11-17)16-10-13-7-2-3-8-15(13)19-16/h2-3,7-8,10,12,14H,4-6,9,11,17H2,1H3. The average molecular weight is 258 g/mol. The third kappa shape index (κ3) is 2.40. The molecule has 3 rings (SSSR count). The number of rotatable bonds is 3. The van der Waals surface area contributed by atoms with Crippen molar-refractivity contribution in [1.82, 2.24) is 4.90 Å². The van der Waals surface area contributed by atoms with Gasteiger partial charge in [0.05, 0.1) is 6.04 Å². The van der Waals surface area contributed by atoms with E-state index < -0.39 is 0 Å². The molecule has 2 atom stereocenters. The molecule has 0 spiro atoms. The SMILES string of the molecule is CC1CCCCN1C(CN)c1cc2ccccc2o1. The monoisotopic (exact) mass is 258 g/mol. The molecule has 1 aromatic carbocycles. The van der Waals surface area contributed by atoms with E-state index in [1.54, 1.807) is 0 Å². The van der Waals surface area contributed by atoms with E-state index in [9.17, 15) is 0 Å². The Balaban J connectivity index is 1.92. The molecule has 0 saturated carbocycles. The van der Waals surface area contributed by atoms with Gasteiger partial charge in [0.1, 0.15) is 11.3 Å². The first-order chi connectivity index (χ1) is 9.29. The van der Waals surface area contributed by atoms with Gasteiger partial charge >= 0.3 is 0 Å². The fourth-order valence-corrected chi connectivity index (χ4v) is 3.16. The molecule has 1 aromatic heterocycles. The highest BCUT2D eigenvalue weighted by molar-refractivity contribution is 5.77. The van der Waals surface area contributed by atoms with Gasteiger partial charge in [-0.2, -0.15) is 0 Å². The van der Waals surface area contributed by atoms with Gasteiger partial charge in [-0.05, 0) is 38.4 Å². The number of hydrogen-bond acceptors (Lipinski definition) is 3. The van der Waals surface area contributed by atoms with E-state index >= 15 is 0 Å². The van der Waals surface area contributed by atoms with E-state index in [1.165, 1.54) is 24.6 Å². The van der Waals surface area contributed by atoms with Gasteiger partial charge in [-0.1, -0.05) is 24.6 Å². The molecule has 0 aliphatic carbocycles. The Labute approximate surface area is 114 Å². The Morgan fingerprint density at radius 2 is 2.21 bits per heavy atom. The summed E-state index contributed by atoms with van der Waals surface area (Å²) in [6.45, 7) is 4.04. The summed E-state index contributed by atoms with van der Waals surface area (Å²) in [5.41, 5.74) is 6.98. The van der Waals surface area contributed by atoms with Crippen molar-refractivity contribution in [3.8, 4) is 0 Å². The molecule has 1 fully saturated rings. The van der Waals surface area contributed by atoms with Crippen LogP contribution in [0.25, 0.3) is 11.0 Å². The summed E-state index contributed by atoms with van der Waals surface area (Å²) < 4.78 is 6.00. The number of fused-ring (bicyclic) bond motifs is 1. The first kappa shape index (κ1) is 12.7. The quantitative estimate of drug-likeness (QED) is 0.918. The fraction of sp³-hybridized carbons (Fsp3) is 0.500. The van der Waals surface area contributed by atoms with Crippen molar-refractivity contribution in [2.75, 3.05) is 13.1 Å². The highest BCUT2D eigenvalue weighted by Gasteiger charge is 2.28. The average Bonchev–Trinajstić information content (AvgIpc) is 2.85. The Morgan fingerprint density at radius 1 is 1.37 bits per heavy atom. The maximum Gasteiger partial charge on any atom is 0.134 e. The summed E-state index contributed by atoms with van der Waals surface area (Å²) in [5.74, 6) is 1.01. The second-order valence-electron chi connectivity index (χ2n) is 5.52. The second kappa shape index (κ2) is 5.35. The number of para-hydroxylation sites is 1. The largest absolute Gasteiger partial charge is 0.459 e. The van der Waals surface area contributed by atoms with Gasteiger partial charge in [0.25, 0.3) is 0 Å². The molecule has 2 N–H and O–H groups in total. The molecule has 19 heavy (non-hydrogen) atoms. The predicted molar refractivity (Wildman–Crippen MR) is 78.0 cm³/mol. The summed E-state index contributed by atoms with van der Waals surface area (Å²) >= 11 is 0. The third-order valence-electron chi connectivity index (χ3n) is 4.25. The Kier molecular flexibility index (Phi) is 3.58. The molecule has 3 nitrogen and oxygen atoms in total. The van der Waals surface area contributed by atoms with Crippen LogP contribution in [-0.4, -0.2) is 24.0 Å². The number of nitrogens with zero attached hydrogens (tertiary/aromatic N) is 1. The molecule has 102 valence electrons. The summed E-state index contributed by atoms with van der Waals surface area (Å²) in [7, 11) is 0. The Morgan fingerprint density at radius 3 is 2.95 bits per heavy atom. The van der Waals surface area contributed by atoms with Crippen molar-refractivity contribution < 1.29 is 4.42 Å². The first-order valence-electron chi connectivity index (χ1n) is 7.24. The van der Waals surface area contributed by atoms with Crippen molar-refractivity contribution in [3.05, 3.63) is 36.1 Å². The van der Waals surface area contributed by atoms with Gasteiger partial charge in [0, 0.05) is 18.0 Å². The number of likely N-dealkylation sites (tertiary alicyclic amines) is 1. The van der Waals surface area contributed by atoms with E-state index in [0.29, 0.717) is 12.6 Å². The number of piperidine rings is 1. The molecule has 1 saturated heterocycles. The van der Waals surface area contributed by atoms with E-state index in [1.807, 2.05) is 18.2 Å². The van der Waals surface area contributed by atoms with E-state index in [0.717, 1.165) is 17.9 Å². The molecule has 1 aliphatic rings. The van der Waals surface area contributed by atoms with Crippen molar-refractivity contribution in [2.24, 2.45) is 5.73 Å². The molecule has 3 heteroatoms. The van der Waals surface area contributed by atoms with Crippen LogP contribution < -0.4 is 5.73 Å². The van der Waals surface area contributed by atoms with Crippen LogP contribution in [0, 0.1) is 0 Å². The van der Waals surface area contributed by atoms with Gasteiger partial charge in [-0.15, -0.1) is 0 Å². The van der Waals surface area contributed by atoms with Gasteiger partial charge in [-0.25, -0.2) is 0 Å². The van der Waals surface area contributed by atoms with Crippen LogP contribution >= 0.6 is 0 Å². The van der Waals surface area contributed by atoms with E-state index in [4.69, 9.17) is 10.2 Å². The highest BCUT2D eigenvalue weighted by atomic mass is 16.3. The van der Waals surface area contributed by atoms with Crippen molar-refractivity contribution in [1.29, 1.82) is 0 Å². The minimum Gasteiger partial charge on any atom is -0.459 e. The highest BCUT2D eigenvalue weighted by Crippen LogP contribution is 2.31. The Hall–Kier alpha value is -1.32. The van der Waals surface area contributed by atoms with Gasteiger partial charge in [0.15, 0.2) is 0 Å². The molecule has 2 heterocycles. The number of hydrogen-bond donors (Lipinski definition) is 1. The lowest BCUT2D eigenvalue weighted by Crippen LogP contribution is -2.42. The van der Waals surface area contributed by atoms with E-state index in [-0.39, 0.29) is 6.04 Å². The van der Waals surface area contributed by atoms with Crippen LogP contribution in [0.1, 0.15) is 38.0 Å². The molecule has 0 amide bonds. The lowest BCUT2D eigenvalue weighted by Gasteiger charge is -2.38. The molecule has 2 aromatic rings. The van der Waals surface area contributed by atoms with Gasteiger partial charge in [0.2, 0.25) is 0 Å². The third-order valence-corrected chi connectivity index (χ3v) is 4.25. The normalized spacial score (nSPS) is 22.7. The van der Waals surface area contributed by atoms with Crippen LogP contribution in [0.15, 0.2) is 34.7 Å². The zero-order valence-corrected chi connectivity index (χ0v) is 11.5. The van der Waals surface area contributed by atoms with Gasteiger partial charge < -0.3 is 10.2 Å². The van der Waals surface area contributed by atoms with Crippen LogP contribution in [0.4, 0.5) is 0 Å². The zero-order chi connectivity index (χ0) is 13.2. The number of nitrogens with two attached hydrogens (primary N) is 1. The zero-order valence-electron chi connectivity index (χ0n) is 11.5. The lowest BCUT2D eigenvalue weighted by atomic mass is 10.00. The second-order valence-corrected chi connectivity index (χ2v) is 5.52. The van der Waals surface area contributed by atoms with E-state index in [2.05, 4.69) is 24.0 Å². The minimum atomic E-state index is 0.211. The fourth-order valence-electron chi connectivity index (χ4n) is 3.16. The summed E-state index contributed by atoms with van der Waals surface area (Å²) in [6, 6.07) is 11.1. The maximum atomic E-state index is 6.02. The summed E-state index contributed by atoms with van der Waals surface area (Å²) in [6.07, 6.45) is 3.85. The van der Waals surface area contributed by atoms with Crippen LogP contribution in [0.2, 0.25) is 0 Å². The number of furan rings is 1. The Bertz CT molecular complexity index is 515. The molecule has 1 aliphatic heterocycles. The van der Waals surface area contributed by atoms with Gasteiger partial charge in [-0.3, -0.25) is 4.90 Å². The van der Waals surface area contributed by atoms with Crippen LogP contribution in [0.5, 0.6) is 0 Å². The van der Waals surface area contributed by atoms with Crippen molar-refractivity contribution in [2.45, 2.75) is 38.3 Å². The molecular weight excluding hydrogens is 236 g/mol. The minimum absolute atomic E-state index is 0.211. The topological polar surface area (TPSA) is 42.4 Å². The summed E-state index contributed by atoms with van der Waals surface area (Å²) in [5, 5.41) is 1.17. The smallest absolute Gasteiger partial charge is 0.134 e. The first-order valence-corrected chi connectivity index (χ1v) is 7.24. The molecule has 0 radical (unpaired) electrons. The van der Waals surface area contributed by atoms with Crippen molar-refractivity contribution in [3.63, 3.8) is 0 Å². The van der Waals surface area contributed by atoms with Crippen molar-refractivity contribution >= 4 is 11.0 Å². The van der Waals surface area contributed by atoms with Crippen LogP contribution in [0.3, 0.4) is 0 Å². The number of benzene rings is 1. The lowest BCUT2D eigenvalue weighted by molar-refractivity contribution is 0.0970.